The number of hydrogen-bond acceptors (Lipinski definition) is 3. The summed E-state index contributed by atoms with van der Waals surface area (Å²) in [5.41, 5.74) is 1.77. The van der Waals surface area contributed by atoms with Crippen LogP contribution in [0.2, 0.25) is 0 Å². The molecule has 0 saturated carbocycles. The van der Waals surface area contributed by atoms with Crippen LogP contribution in [0.15, 0.2) is 66.7 Å². The number of rotatable bonds is 11. The van der Waals surface area contributed by atoms with Crippen molar-refractivity contribution >= 4 is 28.5 Å². The Morgan fingerprint density at radius 1 is 0.941 bits per heavy atom. The Hall–Kier alpha value is -2.43. The Balaban J connectivity index is 1.63. The number of halogens is 4. The number of aliphatic hydroxyl groups is 1. The minimum atomic E-state index is -1.02. The minimum Gasteiger partial charge on any atom is -0.390 e. The highest BCUT2D eigenvalue weighted by Crippen LogP contribution is 2.14. The summed E-state index contributed by atoms with van der Waals surface area (Å²) >= 11 is 2.22. The van der Waals surface area contributed by atoms with Crippen LogP contribution in [-0.2, 0) is 24.2 Å². The van der Waals surface area contributed by atoms with Crippen LogP contribution in [0.25, 0.3) is 0 Å². The van der Waals surface area contributed by atoms with Crippen LogP contribution in [-0.4, -0.2) is 29.7 Å². The molecule has 3 aromatic carbocycles. The number of aliphatic hydroxyl groups excluding tert-OH is 1. The SMILES string of the molecule is O=C(CCc1ccccc1F)N[C@H](Cc1cc(F)cc(F)c1)[C@H](O)CNCc1cccc(I)c1. The molecule has 0 saturated heterocycles. The van der Waals surface area contributed by atoms with Gasteiger partial charge in [-0.15, -0.1) is 0 Å². The van der Waals surface area contributed by atoms with E-state index in [1.54, 1.807) is 18.2 Å². The molecule has 34 heavy (non-hydrogen) atoms. The molecule has 0 fully saturated rings. The fourth-order valence-corrected chi connectivity index (χ4v) is 4.26. The van der Waals surface area contributed by atoms with Crippen LogP contribution in [0, 0.1) is 21.0 Å². The Morgan fingerprint density at radius 3 is 2.38 bits per heavy atom. The third-order valence-corrected chi connectivity index (χ3v) is 6.01. The molecule has 0 unspecified atom stereocenters. The molecule has 0 radical (unpaired) electrons. The van der Waals surface area contributed by atoms with Gasteiger partial charge in [0.05, 0.1) is 12.1 Å². The number of carbonyl (C=O) groups excluding carboxylic acids is 1. The maximum absolute atomic E-state index is 13.8. The molecule has 3 rings (SSSR count). The summed E-state index contributed by atoms with van der Waals surface area (Å²) in [5.74, 6) is -2.24. The van der Waals surface area contributed by atoms with Gasteiger partial charge in [-0.25, -0.2) is 13.2 Å². The van der Waals surface area contributed by atoms with E-state index in [1.807, 2.05) is 24.3 Å². The van der Waals surface area contributed by atoms with E-state index in [0.29, 0.717) is 17.7 Å². The lowest BCUT2D eigenvalue weighted by Crippen LogP contribution is -2.48. The molecular weight excluding hydrogens is 556 g/mol. The predicted octanol–water partition coefficient (Wildman–Crippen LogP) is 4.52. The second-order valence-corrected chi connectivity index (χ2v) is 9.32. The number of benzene rings is 3. The van der Waals surface area contributed by atoms with E-state index in [4.69, 9.17) is 0 Å². The van der Waals surface area contributed by atoms with Crippen molar-refractivity contribution in [2.24, 2.45) is 0 Å². The van der Waals surface area contributed by atoms with E-state index in [0.717, 1.165) is 15.2 Å². The average molecular weight is 582 g/mol. The predicted molar refractivity (Wildman–Crippen MR) is 134 cm³/mol. The first-order valence-electron chi connectivity index (χ1n) is 10.9. The molecule has 0 aliphatic rings. The van der Waals surface area contributed by atoms with Gasteiger partial charge < -0.3 is 15.7 Å². The zero-order valence-corrected chi connectivity index (χ0v) is 20.6. The second kappa shape index (κ2) is 12.9. The van der Waals surface area contributed by atoms with Gasteiger partial charge in [-0.1, -0.05) is 30.3 Å². The number of aryl methyl sites for hydroxylation is 1. The summed E-state index contributed by atoms with van der Waals surface area (Å²) in [5, 5.41) is 16.7. The zero-order chi connectivity index (χ0) is 24.5. The van der Waals surface area contributed by atoms with Crippen molar-refractivity contribution in [2.75, 3.05) is 6.54 Å². The third-order valence-electron chi connectivity index (χ3n) is 5.34. The number of hydrogen-bond donors (Lipinski definition) is 3. The number of nitrogens with one attached hydrogen (secondary N) is 2. The second-order valence-electron chi connectivity index (χ2n) is 8.08. The van der Waals surface area contributed by atoms with E-state index < -0.39 is 23.8 Å². The molecule has 3 aromatic rings. The van der Waals surface area contributed by atoms with Crippen molar-refractivity contribution in [3.05, 3.63) is 104 Å². The van der Waals surface area contributed by atoms with Gasteiger partial charge >= 0.3 is 0 Å². The normalized spacial score (nSPS) is 12.9. The zero-order valence-electron chi connectivity index (χ0n) is 18.4. The minimum absolute atomic E-state index is 0.0115. The molecule has 0 aliphatic carbocycles. The standard InChI is InChI=1S/C26H26F3IN2O2/c27-20-10-18(11-21(28)14-20)13-24(25(33)16-31-15-17-4-3-6-22(30)12-17)32-26(34)9-8-19-5-1-2-7-23(19)29/h1-7,10-12,14,24-25,31,33H,8-9,13,15-16H2,(H,32,34)/t24-,25-/m1/s1. The summed E-state index contributed by atoms with van der Waals surface area (Å²) < 4.78 is 42.3. The molecule has 0 heterocycles. The maximum Gasteiger partial charge on any atom is 0.220 e. The van der Waals surface area contributed by atoms with Crippen molar-refractivity contribution in [1.82, 2.24) is 10.6 Å². The van der Waals surface area contributed by atoms with Gasteiger partial charge in [-0.3, -0.25) is 4.79 Å². The van der Waals surface area contributed by atoms with E-state index in [9.17, 15) is 23.1 Å². The molecule has 180 valence electrons. The molecule has 4 nitrogen and oxygen atoms in total. The van der Waals surface area contributed by atoms with Crippen molar-refractivity contribution in [1.29, 1.82) is 0 Å². The van der Waals surface area contributed by atoms with Gasteiger partial charge in [-0.2, -0.15) is 0 Å². The van der Waals surface area contributed by atoms with Crippen molar-refractivity contribution in [2.45, 2.75) is 38.0 Å². The van der Waals surface area contributed by atoms with Crippen LogP contribution >= 0.6 is 22.6 Å². The topological polar surface area (TPSA) is 61.4 Å². The molecule has 8 heteroatoms. The molecule has 0 bridgehead atoms. The third kappa shape index (κ3) is 8.41. The van der Waals surface area contributed by atoms with E-state index in [2.05, 4.69) is 33.2 Å². The summed E-state index contributed by atoms with van der Waals surface area (Å²) in [6.45, 7) is 0.665. The smallest absolute Gasteiger partial charge is 0.220 e. The van der Waals surface area contributed by atoms with Gasteiger partial charge in [-0.05, 0) is 82.5 Å². The fourth-order valence-electron chi connectivity index (χ4n) is 3.65. The highest BCUT2D eigenvalue weighted by molar-refractivity contribution is 14.1. The van der Waals surface area contributed by atoms with E-state index in [-0.39, 0.29) is 37.5 Å². The van der Waals surface area contributed by atoms with Crippen molar-refractivity contribution < 1.29 is 23.1 Å². The van der Waals surface area contributed by atoms with Crippen LogP contribution in [0.5, 0.6) is 0 Å². The van der Waals surface area contributed by atoms with E-state index >= 15 is 0 Å². The lowest BCUT2D eigenvalue weighted by atomic mass is 10.00. The Labute approximate surface area is 210 Å². The van der Waals surface area contributed by atoms with Crippen LogP contribution in [0.3, 0.4) is 0 Å². The highest BCUT2D eigenvalue weighted by Gasteiger charge is 2.22. The quantitative estimate of drug-likeness (QED) is 0.292. The lowest BCUT2D eigenvalue weighted by Gasteiger charge is -2.25. The average Bonchev–Trinajstić information content (AvgIpc) is 2.77. The van der Waals surface area contributed by atoms with Gasteiger partial charge in [0.1, 0.15) is 17.5 Å². The summed E-state index contributed by atoms with van der Waals surface area (Å²) in [7, 11) is 0. The Bertz CT molecular complexity index is 1090. The summed E-state index contributed by atoms with van der Waals surface area (Å²) in [4.78, 5) is 12.6. The summed E-state index contributed by atoms with van der Waals surface area (Å²) in [6.07, 6.45) is -0.781. The molecule has 0 aromatic heterocycles. The molecule has 1 amide bonds. The lowest BCUT2D eigenvalue weighted by molar-refractivity contribution is -0.122. The van der Waals surface area contributed by atoms with Gasteiger partial charge in [0, 0.05) is 29.1 Å². The Morgan fingerprint density at radius 2 is 1.68 bits per heavy atom. The molecule has 0 aliphatic heterocycles. The molecule has 3 N–H and O–H groups in total. The first-order chi connectivity index (χ1) is 16.3. The van der Waals surface area contributed by atoms with Crippen LogP contribution in [0.1, 0.15) is 23.1 Å². The molecule has 2 atom stereocenters. The highest BCUT2D eigenvalue weighted by atomic mass is 127. The van der Waals surface area contributed by atoms with Gasteiger partial charge in [0.15, 0.2) is 0 Å². The van der Waals surface area contributed by atoms with Crippen molar-refractivity contribution in [3.63, 3.8) is 0 Å². The summed E-state index contributed by atoms with van der Waals surface area (Å²) in [6, 6.07) is 16.4. The fraction of sp³-hybridized carbons (Fsp3) is 0.269. The first kappa shape index (κ1) is 26.2. The largest absolute Gasteiger partial charge is 0.390 e. The first-order valence-corrected chi connectivity index (χ1v) is 12.0. The van der Waals surface area contributed by atoms with Crippen molar-refractivity contribution in [3.8, 4) is 0 Å². The number of amides is 1. The number of carbonyl (C=O) groups is 1. The monoisotopic (exact) mass is 582 g/mol. The van der Waals surface area contributed by atoms with Crippen LogP contribution < -0.4 is 10.6 Å². The molecular formula is C26H26F3IN2O2. The van der Waals surface area contributed by atoms with Gasteiger partial charge in [0.2, 0.25) is 5.91 Å². The van der Waals surface area contributed by atoms with Gasteiger partial charge in [0.25, 0.3) is 0 Å². The van der Waals surface area contributed by atoms with E-state index in [1.165, 1.54) is 18.2 Å². The Kier molecular flexibility index (Phi) is 9.91. The maximum atomic E-state index is 13.8. The van der Waals surface area contributed by atoms with Crippen LogP contribution in [0.4, 0.5) is 13.2 Å². The molecule has 0 spiro atoms.